The van der Waals surface area contributed by atoms with E-state index in [4.69, 9.17) is 18.9 Å². The summed E-state index contributed by atoms with van der Waals surface area (Å²) in [5.41, 5.74) is 6.95. The van der Waals surface area contributed by atoms with Crippen molar-refractivity contribution in [2.24, 2.45) is 12.0 Å². The number of hydrogen-bond acceptors (Lipinski definition) is 12. The summed E-state index contributed by atoms with van der Waals surface area (Å²) in [5, 5.41) is 3.44. The number of nitrogens with one attached hydrogen (secondary N) is 1. The van der Waals surface area contributed by atoms with E-state index >= 15 is 0 Å². The summed E-state index contributed by atoms with van der Waals surface area (Å²) in [6.07, 6.45) is 11.8. The minimum atomic E-state index is -0.762. The lowest BCUT2D eigenvalue weighted by atomic mass is 9.96. The van der Waals surface area contributed by atoms with E-state index in [0.717, 1.165) is 41.1 Å². The Labute approximate surface area is 374 Å². The highest BCUT2D eigenvalue weighted by Crippen LogP contribution is 2.31. The van der Waals surface area contributed by atoms with E-state index in [2.05, 4.69) is 69.7 Å². The molecule has 2 aromatic carbocycles. The zero-order valence-corrected chi connectivity index (χ0v) is 37.4. The molecule has 3 aliphatic rings. The SMILES string of the molecule is C=CN=Cc1c(C)n(C)c2cc(-c3ccc(OC4CCC4)nc3)ccc12.CC.COCCOc1ccc(OC2CN(c3ccc(C(=O)N(C)C4CCC(=O)NC4=O)c(C=O)c3)C2)nc1. The Balaban J connectivity index is 0.000000214. The smallest absolute Gasteiger partial charge is 0.255 e. The summed E-state index contributed by atoms with van der Waals surface area (Å²) in [5.74, 6) is 0.520. The Bertz CT molecular complexity index is 2460. The van der Waals surface area contributed by atoms with Gasteiger partial charge in [0.2, 0.25) is 23.6 Å². The molecule has 8 rings (SSSR count). The zero-order valence-electron chi connectivity index (χ0n) is 37.4. The van der Waals surface area contributed by atoms with Gasteiger partial charge in [-0.15, -0.1) is 0 Å². The van der Waals surface area contributed by atoms with Gasteiger partial charge in [0.05, 0.1) is 31.5 Å². The van der Waals surface area contributed by atoms with Gasteiger partial charge in [-0.05, 0) is 74.6 Å². The fourth-order valence-corrected chi connectivity index (χ4v) is 7.42. The Hall–Kier alpha value is -6.87. The maximum atomic E-state index is 13.0. The van der Waals surface area contributed by atoms with Crippen LogP contribution in [0.4, 0.5) is 5.69 Å². The molecule has 5 heterocycles. The van der Waals surface area contributed by atoms with Gasteiger partial charge in [0.25, 0.3) is 5.91 Å². The molecule has 5 aromatic rings. The maximum absolute atomic E-state index is 13.0. The van der Waals surface area contributed by atoms with Crippen LogP contribution in [0.15, 0.2) is 90.8 Å². The number of anilines is 1. The molecule has 15 heteroatoms. The molecule has 64 heavy (non-hydrogen) atoms. The first-order chi connectivity index (χ1) is 31.1. The van der Waals surface area contributed by atoms with E-state index in [0.29, 0.717) is 50.3 Å². The Kier molecular flexibility index (Phi) is 16.0. The molecule has 3 fully saturated rings. The number of carbonyl (C=O) groups is 4. The van der Waals surface area contributed by atoms with Crippen molar-refractivity contribution in [2.75, 3.05) is 45.4 Å². The Morgan fingerprint density at radius 2 is 1.66 bits per heavy atom. The zero-order chi connectivity index (χ0) is 45.8. The lowest BCUT2D eigenvalue weighted by Gasteiger charge is -2.40. The van der Waals surface area contributed by atoms with E-state index in [1.807, 2.05) is 37.2 Å². The van der Waals surface area contributed by atoms with Crippen molar-refractivity contribution in [2.45, 2.75) is 71.1 Å². The number of ether oxygens (including phenoxy) is 4. The molecule has 336 valence electrons. The number of nitrogens with zero attached hydrogens (tertiary/aromatic N) is 6. The third kappa shape index (κ3) is 11.0. The fourth-order valence-electron chi connectivity index (χ4n) is 7.42. The van der Waals surface area contributed by atoms with Gasteiger partial charge in [0.15, 0.2) is 6.29 Å². The second-order valence-corrected chi connectivity index (χ2v) is 15.4. The summed E-state index contributed by atoms with van der Waals surface area (Å²) in [6.45, 7) is 11.9. The molecular weight excluding hydrogens is 815 g/mol. The molecular formula is C49H57N7O8. The predicted octanol–water partition coefficient (Wildman–Crippen LogP) is 7.13. The van der Waals surface area contributed by atoms with Crippen LogP contribution in [-0.4, -0.2) is 108 Å². The van der Waals surface area contributed by atoms with Crippen molar-refractivity contribution in [1.29, 1.82) is 0 Å². The Morgan fingerprint density at radius 1 is 0.938 bits per heavy atom. The molecule has 15 nitrogen and oxygen atoms in total. The summed E-state index contributed by atoms with van der Waals surface area (Å²) in [4.78, 5) is 64.5. The Morgan fingerprint density at radius 3 is 2.28 bits per heavy atom. The van der Waals surface area contributed by atoms with Crippen molar-refractivity contribution < 1.29 is 38.1 Å². The topological polar surface area (TPSA) is 167 Å². The fraction of sp³-hybridized carbons (Fsp3) is 0.367. The van der Waals surface area contributed by atoms with E-state index in [-0.39, 0.29) is 36.0 Å². The average Bonchev–Trinajstić information content (AvgIpc) is 3.53. The third-order valence-corrected chi connectivity index (χ3v) is 11.4. The van der Waals surface area contributed by atoms with Gasteiger partial charge in [-0.1, -0.05) is 32.6 Å². The lowest BCUT2D eigenvalue weighted by molar-refractivity contribution is -0.136. The number of fused-ring (bicyclic) bond motifs is 1. The first-order valence-electron chi connectivity index (χ1n) is 21.6. The van der Waals surface area contributed by atoms with Crippen LogP contribution < -0.4 is 24.4 Å². The molecule has 0 radical (unpaired) electrons. The number of amides is 3. The van der Waals surface area contributed by atoms with Crippen LogP contribution in [0.25, 0.3) is 22.0 Å². The van der Waals surface area contributed by atoms with Crippen LogP contribution in [0.2, 0.25) is 0 Å². The van der Waals surface area contributed by atoms with Gasteiger partial charge in [-0.25, -0.2) is 9.97 Å². The van der Waals surface area contributed by atoms with Crippen LogP contribution in [0.1, 0.15) is 77.9 Å². The molecule has 1 unspecified atom stereocenters. The molecule has 0 bridgehead atoms. The van der Waals surface area contributed by atoms with Crippen molar-refractivity contribution in [1.82, 2.24) is 24.8 Å². The number of aldehydes is 1. The van der Waals surface area contributed by atoms with E-state index in [9.17, 15) is 19.2 Å². The predicted molar refractivity (Wildman–Crippen MR) is 247 cm³/mol. The first-order valence-corrected chi connectivity index (χ1v) is 21.6. The monoisotopic (exact) mass is 871 g/mol. The number of methoxy groups -OCH3 is 1. The van der Waals surface area contributed by atoms with Crippen LogP contribution in [0.5, 0.6) is 17.5 Å². The quantitative estimate of drug-likeness (QED) is 0.0492. The lowest BCUT2D eigenvalue weighted by Crippen LogP contribution is -2.54. The highest BCUT2D eigenvalue weighted by atomic mass is 16.5. The number of rotatable bonds is 15. The van der Waals surface area contributed by atoms with Crippen molar-refractivity contribution in [3.8, 4) is 28.6 Å². The van der Waals surface area contributed by atoms with Gasteiger partial charge >= 0.3 is 0 Å². The van der Waals surface area contributed by atoms with Crippen LogP contribution in [-0.2, 0) is 21.4 Å². The minimum Gasteiger partial charge on any atom is -0.490 e. The number of hydrogen-bond donors (Lipinski definition) is 1. The van der Waals surface area contributed by atoms with E-state index in [1.54, 1.807) is 49.8 Å². The number of benzene rings is 2. The first kappa shape index (κ1) is 46.6. The molecule has 2 aliphatic heterocycles. The number of pyridine rings is 2. The second kappa shape index (κ2) is 22.0. The second-order valence-electron chi connectivity index (χ2n) is 15.4. The molecule has 3 aromatic heterocycles. The normalized spacial score (nSPS) is 16.0. The van der Waals surface area contributed by atoms with E-state index in [1.165, 1.54) is 35.0 Å². The summed E-state index contributed by atoms with van der Waals surface area (Å²) >= 11 is 0. The van der Waals surface area contributed by atoms with Gasteiger partial charge in [-0.3, -0.25) is 29.5 Å². The highest BCUT2D eigenvalue weighted by molar-refractivity contribution is 6.06. The van der Waals surface area contributed by atoms with Crippen LogP contribution in [0.3, 0.4) is 0 Å². The third-order valence-electron chi connectivity index (χ3n) is 11.4. The largest absolute Gasteiger partial charge is 0.490 e. The van der Waals surface area contributed by atoms with Gasteiger partial charge < -0.3 is 33.3 Å². The molecule has 0 spiro atoms. The summed E-state index contributed by atoms with van der Waals surface area (Å²) in [6, 6.07) is 18.3. The van der Waals surface area contributed by atoms with Gasteiger partial charge in [-0.2, -0.15) is 0 Å². The molecule has 2 saturated heterocycles. The number of piperidine rings is 1. The number of aliphatic imine (C=N–C) groups is 1. The van der Waals surface area contributed by atoms with Gasteiger partial charge in [0.1, 0.15) is 30.6 Å². The minimum absolute atomic E-state index is 0.0718. The molecule has 1 N–H and O–H groups in total. The molecule has 1 aliphatic carbocycles. The number of aryl methyl sites for hydroxylation is 1. The van der Waals surface area contributed by atoms with Crippen molar-refractivity contribution in [3.63, 3.8) is 0 Å². The van der Waals surface area contributed by atoms with Gasteiger partial charge in [0, 0.05) is 97.3 Å². The van der Waals surface area contributed by atoms with Crippen molar-refractivity contribution in [3.05, 3.63) is 108 Å². The van der Waals surface area contributed by atoms with E-state index < -0.39 is 17.9 Å². The molecule has 1 atom stereocenters. The van der Waals surface area contributed by atoms with Crippen LogP contribution >= 0.6 is 0 Å². The average molecular weight is 872 g/mol. The number of likely N-dealkylation sites (N-methyl/N-ethyl adjacent to an activating group) is 1. The van der Waals surface area contributed by atoms with Crippen molar-refractivity contribution >= 4 is 46.8 Å². The number of imide groups is 1. The standard InChI is InChI=1S/C25H28N4O7.C22H23N3O.C2H6/c1-28(21-6-7-22(31)27-24(21)32)25(33)20-5-3-17(11-16(20)15-30)29-13-19(14-29)36-23-8-4-18(12-26-23)35-10-9-34-2;1-4-23-14-20-15(2)25(3)21-12-16(8-10-19(20)21)17-9-11-22(24-13-17)26-18-6-5-7-18;1-2/h3-5,8,11-12,15,19,21H,6-7,9-10,13-14H2,1-2H3,(H,27,31,32);4,8-14,18H,1,5-7H2,2-3H3;1-2H3. The number of carbonyl (C=O) groups excluding carboxylic acids is 4. The molecule has 3 amide bonds. The molecule has 1 saturated carbocycles. The summed E-state index contributed by atoms with van der Waals surface area (Å²) < 4.78 is 24.4. The maximum Gasteiger partial charge on any atom is 0.255 e. The highest BCUT2D eigenvalue weighted by Gasteiger charge is 2.34. The van der Waals surface area contributed by atoms with Crippen LogP contribution in [0, 0.1) is 6.92 Å². The number of aromatic nitrogens is 3. The summed E-state index contributed by atoms with van der Waals surface area (Å²) in [7, 11) is 5.19.